The summed E-state index contributed by atoms with van der Waals surface area (Å²) in [6.07, 6.45) is 89.6. The van der Waals surface area contributed by atoms with Crippen molar-refractivity contribution in [2.45, 2.75) is 315 Å². The number of carbonyl (C=O) groups excluding carboxylic acids is 1. The fourth-order valence-corrected chi connectivity index (χ4v) is 10.5. The van der Waals surface area contributed by atoms with Gasteiger partial charge < -0.3 is 28.8 Å². The Morgan fingerprint density at radius 3 is 1.15 bits per heavy atom. The Labute approximate surface area is 502 Å². The highest BCUT2D eigenvalue weighted by Gasteiger charge is 2.23. The number of amides is 1. The van der Waals surface area contributed by atoms with E-state index in [0.29, 0.717) is 17.4 Å². The van der Waals surface area contributed by atoms with Gasteiger partial charge in [0.05, 0.1) is 39.9 Å². The van der Waals surface area contributed by atoms with Crippen molar-refractivity contribution in [1.29, 1.82) is 0 Å². The van der Waals surface area contributed by atoms with Crippen LogP contribution in [-0.2, 0) is 18.4 Å². The third-order valence-corrected chi connectivity index (χ3v) is 16.0. The van der Waals surface area contributed by atoms with Crippen molar-refractivity contribution in [1.82, 2.24) is 5.32 Å². The van der Waals surface area contributed by atoms with Crippen molar-refractivity contribution in [3.63, 3.8) is 0 Å². The predicted octanol–water partition coefficient (Wildman–Crippen LogP) is 21.1. The van der Waals surface area contributed by atoms with Crippen LogP contribution < -0.4 is 10.2 Å². The first-order chi connectivity index (χ1) is 39.5. The summed E-state index contributed by atoms with van der Waals surface area (Å²) in [7, 11) is 1.25. The molecule has 0 fully saturated rings. The first-order valence-electron chi connectivity index (χ1n) is 34.1. The van der Waals surface area contributed by atoms with E-state index in [0.717, 1.165) is 77.0 Å². The van der Waals surface area contributed by atoms with Crippen LogP contribution in [0.5, 0.6) is 0 Å². The van der Waals surface area contributed by atoms with E-state index in [1.165, 1.54) is 205 Å². The number of hydrogen-bond donors (Lipinski definition) is 2. The number of phosphoric ester groups is 1. The number of hydrogen-bond acceptors (Lipinski definition) is 6. The quantitative estimate of drug-likeness (QED) is 0.0272. The topological polar surface area (TPSA) is 108 Å². The molecule has 0 aromatic rings. The predicted molar refractivity (Wildman–Crippen MR) is 353 cm³/mol. The molecule has 2 N–H and O–H groups in total. The van der Waals surface area contributed by atoms with Crippen LogP contribution in [0.15, 0.2) is 97.2 Å². The van der Waals surface area contributed by atoms with Gasteiger partial charge in [-0.15, -0.1) is 0 Å². The SMILES string of the molecule is CC/C=C\C/C=C\C/C=C\C/C=C\C/C=C\C/C=C\CCCCCCCCCCCCCCCCCCCCCCCCC(=O)NC(COP(=O)([O-])OCC[N+](C)(C)C)C(O)/C=C/CC/C=C/CCCCCCCCCCCCCC. The number of allylic oxidation sites excluding steroid dienone is 15. The molecule has 0 saturated carbocycles. The normalized spacial score (nSPS) is 14.3. The number of aliphatic hydroxyl groups excluding tert-OH is 1. The second kappa shape index (κ2) is 62.0. The molecule has 0 aromatic heterocycles. The lowest BCUT2D eigenvalue weighted by Crippen LogP contribution is -2.45. The van der Waals surface area contributed by atoms with Crippen LogP contribution in [0, 0.1) is 0 Å². The molecule has 0 aliphatic rings. The third kappa shape index (κ3) is 64.8. The minimum absolute atomic E-state index is 0.00733. The smallest absolute Gasteiger partial charge is 0.268 e. The van der Waals surface area contributed by atoms with E-state index in [1.54, 1.807) is 6.08 Å². The summed E-state index contributed by atoms with van der Waals surface area (Å²) >= 11 is 0. The number of unbranched alkanes of at least 4 members (excludes halogenated alkanes) is 35. The van der Waals surface area contributed by atoms with Crippen molar-refractivity contribution < 1.29 is 32.9 Å². The van der Waals surface area contributed by atoms with Crippen LogP contribution >= 0.6 is 7.82 Å². The van der Waals surface area contributed by atoms with E-state index in [4.69, 9.17) is 9.05 Å². The Bertz CT molecular complexity index is 1640. The molecule has 0 radical (unpaired) electrons. The first kappa shape index (κ1) is 78.4. The average Bonchev–Trinajstić information content (AvgIpc) is 3.43. The summed E-state index contributed by atoms with van der Waals surface area (Å²) < 4.78 is 23.4. The van der Waals surface area contributed by atoms with Crippen LogP contribution in [-0.4, -0.2) is 68.5 Å². The maximum absolute atomic E-state index is 13.0. The van der Waals surface area contributed by atoms with Crippen LogP contribution in [0.2, 0.25) is 0 Å². The molecular formula is C72H131N2O6P. The van der Waals surface area contributed by atoms with Crippen LogP contribution in [0.4, 0.5) is 0 Å². The molecule has 0 aromatic carbocycles. The van der Waals surface area contributed by atoms with E-state index < -0.39 is 26.6 Å². The van der Waals surface area contributed by atoms with Gasteiger partial charge in [-0.2, -0.15) is 0 Å². The lowest BCUT2D eigenvalue weighted by atomic mass is 10.0. The second-order valence-corrected chi connectivity index (χ2v) is 25.6. The van der Waals surface area contributed by atoms with E-state index in [2.05, 4.69) is 104 Å². The third-order valence-electron chi connectivity index (χ3n) is 15.0. The zero-order chi connectivity index (χ0) is 59.1. The zero-order valence-electron chi connectivity index (χ0n) is 53.7. The van der Waals surface area contributed by atoms with Crippen molar-refractivity contribution in [2.75, 3.05) is 40.9 Å². The van der Waals surface area contributed by atoms with Crippen molar-refractivity contribution in [3.05, 3.63) is 97.2 Å². The van der Waals surface area contributed by atoms with Gasteiger partial charge in [0.25, 0.3) is 7.82 Å². The minimum atomic E-state index is -4.61. The maximum Gasteiger partial charge on any atom is 0.268 e. The molecule has 0 saturated heterocycles. The standard InChI is InChI=1S/C72H131N2O6P/c1-6-8-10-12-14-16-18-20-22-24-26-27-28-29-30-31-32-33-34-35-36-37-38-39-40-41-42-43-44-45-46-47-48-50-52-54-56-58-60-62-64-66-72(76)73-70(69-80-81(77,78)79-68-67-74(3,4)5)71(75)65-63-61-59-57-55-53-51-49-25-23-21-19-17-15-13-11-9-7-2/h8,10,14,16,20,22,26-27,29-30,32-33,55,57,63,65,70-71,75H,6-7,9,11-13,15,17-19,21,23-25,28,31,34-54,56,58-62,64,66-69H2,1-5H3,(H-,73,76,77,78)/b10-8-,16-14-,22-20-,27-26-,30-29-,33-32-,57-55+,65-63+. The van der Waals surface area contributed by atoms with E-state index in [9.17, 15) is 19.4 Å². The summed E-state index contributed by atoms with van der Waals surface area (Å²) in [4.78, 5) is 25.6. The Kier molecular flexibility index (Phi) is 60.0. The molecule has 0 spiro atoms. The molecule has 81 heavy (non-hydrogen) atoms. The molecule has 0 rings (SSSR count). The minimum Gasteiger partial charge on any atom is -0.756 e. The number of phosphoric acid groups is 1. The summed E-state index contributed by atoms with van der Waals surface area (Å²) in [5.74, 6) is -0.204. The summed E-state index contributed by atoms with van der Waals surface area (Å²) in [6, 6.07) is -0.906. The van der Waals surface area contributed by atoms with Gasteiger partial charge in [0, 0.05) is 6.42 Å². The van der Waals surface area contributed by atoms with Gasteiger partial charge in [-0.05, 0) is 83.5 Å². The van der Waals surface area contributed by atoms with Crippen molar-refractivity contribution in [2.24, 2.45) is 0 Å². The Balaban J connectivity index is 3.97. The fraction of sp³-hybridized carbons (Fsp3) is 0.764. The largest absolute Gasteiger partial charge is 0.756 e. The lowest BCUT2D eigenvalue weighted by molar-refractivity contribution is -0.870. The first-order valence-corrected chi connectivity index (χ1v) is 35.6. The Hall–Kier alpha value is -2.58. The number of nitrogens with zero attached hydrogens (tertiary/aromatic N) is 1. The molecule has 3 unspecified atom stereocenters. The van der Waals surface area contributed by atoms with Gasteiger partial charge in [-0.1, -0.05) is 310 Å². The lowest BCUT2D eigenvalue weighted by Gasteiger charge is -2.29. The van der Waals surface area contributed by atoms with Gasteiger partial charge in [0.1, 0.15) is 13.2 Å². The van der Waals surface area contributed by atoms with Crippen LogP contribution in [0.1, 0.15) is 303 Å². The van der Waals surface area contributed by atoms with Crippen LogP contribution in [0.25, 0.3) is 0 Å². The number of quaternary nitrogens is 1. The van der Waals surface area contributed by atoms with Crippen LogP contribution in [0.3, 0.4) is 0 Å². The molecule has 0 aliphatic carbocycles. The number of carbonyl (C=O) groups is 1. The molecule has 1 amide bonds. The number of likely N-dealkylation sites (N-methyl/N-ethyl adjacent to an activating group) is 1. The van der Waals surface area contributed by atoms with E-state index in [1.807, 2.05) is 27.2 Å². The molecule has 3 atom stereocenters. The molecular weight excluding hydrogens is 1020 g/mol. The van der Waals surface area contributed by atoms with Crippen molar-refractivity contribution in [3.8, 4) is 0 Å². The fourth-order valence-electron chi connectivity index (χ4n) is 9.76. The van der Waals surface area contributed by atoms with Gasteiger partial charge in [0.15, 0.2) is 0 Å². The van der Waals surface area contributed by atoms with Gasteiger partial charge in [-0.25, -0.2) is 0 Å². The Morgan fingerprint density at radius 2 is 0.765 bits per heavy atom. The monoisotopic (exact) mass is 1150 g/mol. The highest BCUT2D eigenvalue weighted by molar-refractivity contribution is 7.45. The summed E-state index contributed by atoms with van der Waals surface area (Å²) in [5, 5.41) is 13.9. The average molecular weight is 1150 g/mol. The number of nitrogens with one attached hydrogen (secondary N) is 1. The zero-order valence-corrected chi connectivity index (χ0v) is 54.6. The van der Waals surface area contributed by atoms with Gasteiger partial charge >= 0.3 is 0 Å². The highest BCUT2D eigenvalue weighted by atomic mass is 31.2. The summed E-state index contributed by atoms with van der Waals surface area (Å²) in [5.41, 5.74) is 0. The maximum atomic E-state index is 13.0. The highest BCUT2D eigenvalue weighted by Crippen LogP contribution is 2.38. The molecule has 0 aliphatic heterocycles. The number of aliphatic hydroxyl groups is 1. The molecule has 0 heterocycles. The van der Waals surface area contributed by atoms with Crippen molar-refractivity contribution >= 4 is 13.7 Å². The number of rotatable bonds is 62. The van der Waals surface area contributed by atoms with Gasteiger partial charge in [-0.3, -0.25) is 9.36 Å². The van der Waals surface area contributed by atoms with E-state index in [-0.39, 0.29) is 12.5 Å². The molecule has 470 valence electrons. The molecule has 9 heteroatoms. The van der Waals surface area contributed by atoms with E-state index >= 15 is 0 Å². The summed E-state index contributed by atoms with van der Waals surface area (Å²) in [6.45, 7) is 4.54. The van der Waals surface area contributed by atoms with Gasteiger partial charge in [0.2, 0.25) is 5.91 Å². The Morgan fingerprint density at radius 1 is 0.444 bits per heavy atom. The second-order valence-electron chi connectivity index (χ2n) is 24.1. The molecule has 8 nitrogen and oxygen atoms in total. The molecule has 0 bridgehead atoms.